The summed E-state index contributed by atoms with van der Waals surface area (Å²) < 4.78 is 60.5. The van der Waals surface area contributed by atoms with Crippen LogP contribution in [-0.2, 0) is 16.3 Å². The van der Waals surface area contributed by atoms with E-state index in [-0.39, 0.29) is 17.9 Å². The molecule has 0 aromatic heterocycles. The van der Waals surface area contributed by atoms with Gasteiger partial charge in [-0.2, -0.15) is 13.2 Å². The van der Waals surface area contributed by atoms with Crippen LogP contribution in [0.1, 0.15) is 19.4 Å². The Kier molecular flexibility index (Phi) is 4.63. The molecule has 0 saturated carbocycles. The maximum atomic E-state index is 12.5. The van der Waals surface area contributed by atoms with E-state index in [1.807, 2.05) is 0 Å². The zero-order valence-electron chi connectivity index (χ0n) is 10.5. The molecule has 1 rings (SSSR count). The van der Waals surface area contributed by atoms with E-state index < -0.39 is 26.3 Å². The summed E-state index contributed by atoms with van der Waals surface area (Å²) in [5, 5.41) is 9.70. The lowest BCUT2D eigenvalue weighted by molar-refractivity contribution is -0.0436. The molecule has 19 heavy (non-hydrogen) atoms. The van der Waals surface area contributed by atoms with Gasteiger partial charge in [-0.15, -0.1) is 0 Å². The first-order chi connectivity index (χ1) is 8.57. The van der Waals surface area contributed by atoms with Gasteiger partial charge in [0.1, 0.15) is 0 Å². The van der Waals surface area contributed by atoms with Crippen LogP contribution in [0.15, 0.2) is 29.2 Å². The van der Waals surface area contributed by atoms with E-state index in [4.69, 9.17) is 0 Å². The lowest BCUT2D eigenvalue weighted by Crippen LogP contribution is -2.26. The van der Waals surface area contributed by atoms with E-state index in [0.29, 0.717) is 0 Å². The Morgan fingerprint density at radius 2 is 1.74 bits per heavy atom. The third-order valence-electron chi connectivity index (χ3n) is 2.77. The Bertz CT molecular complexity index is 535. The molecular weight excluding hydrogens is 281 g/mol. The molecule has 1 aromatic carbocycles. The van der Waals surface area contributed by atoms with Gasteiger partial charge in [0.15, 0.2) is 0 Å². The van der Waals surface area contributed by atoms with Crippen molar-refractivity contribution in [1.29, 1.82) is 0 Å². The zero-order valence-corrected chi connectivity index (χ0v) is 11.3. The molecule has 0 fully saturated rings. The fourth-order valence-electron chi connectivity index (χ4n) is 1.52. The number of aliphatic hydroxyl groups excluding tert-OH is 1. The molecule has 108 valence electrons. The van der Waals surface area contributed by atoms with Gasteiger partial charge < -0.3 is 5.11 Å². The molecule has 0 bridgehead atoms. The van der Waals surface area contributed by atoms with Gasteiger partial charge in [-0.1, -0.05) is 32.0 Å². The molecule has 1 atom stereocenters. The van der Waals surface area contributed by atoms with Crippen LogP contribution in [0, 0.1) is 5.92 Å². The minimum absolute atomic E-state index is 0.0268. The molecule has 1 unspecified atom stereocenters. The van der Waals surface area contributed by atoms with Gasteiger partial charge in [0.25, 0.3) is 9.84 Å². The summed E-state index contributed by atoms with van der Waals surface area (Å²) in [6, 6.07) is 4.86. The van der Waals surface area contributed by atoms with Crippen molar-refractivity contribution < 1.29 is 26.7 Å². The zero-order chi connectivity index (χ0) is 14.8. The maximum Gasteiger partial charge on any atom is 0.501 e. The van der Waals surface area contributed by atoms with E-state index in [0.717, 1.165) is 6.07 Å². The van der Waals surface area contributed by atoms with Crippen molar-refractivity contribution in [3.63, 3.8) is 0 Å². The molecule has 1 aromatic rings. The molecule has 3 nitrogen and oxygen atoms in total. The number of benzene rings is 1. The highest BCUT2D eigenvalue weighted by molar-refractivity contribution is 7.92. The first-order valence-corrected chi connectivity index (χ1v) is 7.13. The highest BCUT2D eigenvalue weighted by Crippen LogP contribution is 2.32. The van der Waals surface area contributed by atoms with Gasteiger partial charge in [0, 0.05) is 0 Å². The quantitative estimate of drug-likeness (QED) is 0.929. The lowest BCUT2D eigenvalue weighted by Gasteiger charge is -2.17. The number of rotatable bonds is 4. The van der Waals surface area contributed by atoms with Gasteiger partial charge in [-0.25, -0.2) is 8.42 Å². The fraction of sp³-hybridized carbons (Fsp3) is 0.500. The van der Waals surface area contributed by atoms with Crippen molar-refractivity contribution in [3.8, 4) is 0 Å². The topological polar surface area (TPSA) is 54.4 Å². The smallest absolute Gasteiger partial charge is 0.393 e. The van der Waals surface area contributed by atoms with Crippen molar-refractivity contribution in [2.24, 2.45) is 5.92 Å². The average Bonchev–Trinajstić information content (AvgIpc) is 2.27. The molecule has 0 aliphatic heterocycles. The number of sulfone groups is 1. The number of halogens is 3. The number of hydrogen-bond acceptors (Lipinski definition) is 3. The number of aliphatic hydroxyl groups is 1. The van der Waals surface area contributed by atoms with E-state index in [1.165, 1.54) is 18.2 Å². The van der Waals surface area contributed by atoms with Gasteiger partial charge in [-0.05, 0) is 24.0 Å². The van der Waals surface area contributed by atoms with Crippen molar-refractivity contribution in [2.45, 2.75) is 36.8 Å². The minimum Gasteiger partial charge on any atom is -0.393 e. The third kappa shape index (κ3) is 3.48. The fourth-order valence-corrected chi connectivity index (χ4v) is 2.52. The molecular formula is C12H15F3O3S. The number of alkyl halides is 3. The van der Waals surface area contributed by atoms with Crippen LogP contribution in [0.2, 0.25) is 0 Å². The molecule has 0 radical (unpaired) electrons. The molecule has 0 aliphatic carbocycles. The van der Waals surface area contributed by atoms with Crippen LogP contribution in [0.5, 0.6) is 0 Å². The second kappa shape index (κ2) is 5.50. The largest absolute Gasteiger partial charge is 0.501 e. The highest BCUT2D eigenvalue weighted by Gasteiger charge is 2.47. The predicted octanol–water partition coefficient (Wildman–Crippen LogP) is 2.54. The van der Waals surface area contributed by atoms with Gasteiger partial charge >= 0.3 is 5.51 Å². The third-order valence-corrected chi connectivity index (χ3v) is 4.35. The maximum absolute atomic E-state index is 12.5. The van der Waals surface area contributed by atoms with Crippen LogP contribution < -0.4 is 0 Å². The van der Waals surface area contributed by atoms with Crippen LogP contribution in [0.25, 0.3) is 0 Å². The standard InChI is InChI=1S/C12H15F3O3S/c1-8(2)10(16)7-9-5-3-4-6-11(9)19(17,18)12(13,14)15/h3-6,8,10,16H,7H2,1-2H3. The highest BCUT2D eigenvalue weighted by atomic mass is 32.2. The summed E-state index contributed by atoms with van der Waals surface area (Å²) in [7, 11) is -5.39. The molecule has 7 heteroatoms. The second-order valence-electron chi connectivity index (χ2n) is 4.57. The van der Waals surface area contributed by atoms with Gasteiger partial charge in [0.2, 0.25) is 0 Å². The number of hydrogen-bond donors (Lipinski definition) is 1. The molecule has 0 spiro atoms. The van der Waals surface area contributed by atoms with Crippen molar-refractivity contribution in [3.05, 3.63) is 29.8 Å². The van der Waals surface area contributed by atoms with E-state index in [2.05, 4.69) is 0 Å². The summed E-state index contributed by atoms with van der Waals surface area (Å²) in [6.45, 7) is 3.40. The summed E-state index contributed by atoms with van der Waals surface area (Å²) in [6.07, 6.45) is -1.03. The van der Waals surface area contributed by atoms with E-state index in [9.17, 15) is 26.7 Å². The Balaban J connectivity index is 3.25. The normalized spacial score (nSPS) is 14.7. The van der Waals surface area contributed by atoms with E-state index >= 15 is 0 Å². The molecule has 0 aliphatic rings. The summed E-state index contributed by atoms with van der Waals surface area (Å²) in [4.78, 5) is -0.790. The Morgan fingerprint density at radius 3 is 2.21 bits per heavy atom. The van der Waals surface area contributed by atoms with Crippen molar-refractivity contribution >= 4 is 9.84 Å². The Labute approximate surface area is 110 Å². The van der Waals surface area contributed by atoms with Crippen LogP contribution in [-0.4, -0.2) is 25.1 Å². The first-order valence-electron chi connectivity index (χ1n) is 5.64. The van der Waals surface area contributed by atoms with Gasteiger partial charge in [0.05, 0.1) is 11.0 Å². The molecule has 0 amide bonds. The van der Waals surface area contributed by atoms with Crippen LogP contribution >= 0.6 is 0 Å². The summed E-state index contributed by atoms with van der Waals surface area (Å²) >= 11 is 0. The second-order valence-corrected chi connectivity index (χ2v) is 6.48. The van der Waals surface area contributed by atoms with Crippen LogP contribution in [0.3, 0.4) is 0 Å². The van der Waals surface area contributed by atoms with Crippen LogP contribution in [0.4, 0.5) is 13.2 Å². The van der Waals surface area contributed by atoms with E-state index in [1.54, 1.807) is 13.8 Å². The molecule has 1 N–H and O–H groups in total. The lowest BCUT2D eigenvalue weighted by atomic mass is 9.99. The minimum atomic E-state index is -5.39. The SMILES string of the molecule is CC(C)C(O)Cc1ccccc1S(=O)(=O)C(F)(F)F. The van der Waals surface area contributed by atoms with Gasteiger partial charge in [-0.3, -0.25) is 0 Å². The summed E-state index contributed by atoms with van der Waals surface area (Å²) in [5.74, 6) is -0.179. The predicted molar refractivity (Wildman–Crippen MR) is 64.2 cm³/mol. The monoisotopic (exact) mass is 296 g/mol. The first kappa shape index (κ1) is 16.0. The molecule has 0 saturated heterocycles. The van der Waals surface area contributed by atoms with Crippen molar-refractivity contribution in [2.75, 3.05) is 0 Å². The molecule has 0 heterocycles. The Morgan fingerprint density at radius 1 is 1.21 bits per heavy atom. The average molecular weight is 296 g/mol. The Hall–Kier alpha value is -1.08. The van der Waals surface area contributed by atoms with Crippen molar-refractivity contribution in [1.82, 2.24) is 0 Å². The summed E-state index contributed by atoms with van der Waals surface area (Å²) in [5.41, 5.74) is -5.37.